The quantitative estimate of drug-likeness (QED) is 0.463. The van der Waals surface area contributed by atoms with Crippen molar-refractivity contribution in [3.8, 4) is 0 Å². The molecule has 0 aromatic rings. The van der Waals surface area contributed by atoms with Gasteiger partial charge in [0.1, 0.15) is 0 Å². The van der Waals surface area contributed by atoms with Crippen molar-refractivity contribution in [3.05, 3.63) is 9.30 Å². The molecule has 0 saturated carbocycles. The van der Waals surface area contributed by atoms with Gasteiger partial charge in [-0.3, -0.25) is 0 Å². The van der Waals surface area contributed by atoms with E-state index in [1.54, 1.807) is 0 Å². The molecular formula is C12H32Cl2N2Si4Ti. The Morgan fingerprint density at radius 2 is 0.619 bits per heavy atom. The van der Waals surface area contributed by atoms with Crippen LogP contribution < -0.4 is 24.8 Å². The molecule has 0 N–H and O–H groups in total. The molecule has 2 saturated heterocycles. The summed E-state index contributed by atoms with van der Waals surface area (Å²) in [6, 6.07) is 5.80. The second-order valence-corrected chi connectivity index (χ2v) is 26.8. The minimum Gasteiger partial charge on any atom is -1.00 e. The topological polar surface area (TPSA) is 28.2 Å². The molecule has 0 radical (unpaired) electrons. The van der Waals surface area contributed by atoms with E-state index in [1.165, 1.54) is 24.2 Å². The Labute approximate surface area is 164 Å². The summed E-state index contributed by atoms with van der Waals surface area (Å²) in [5.74, 6) is 0. The zero-order chi connectivity index (χ0) is 14.2. The van der Waals surface area contributed by atoms with Crippen molar-refractivity contribution >= 4 is 32.9 Å². The normalized spacial score (nSPS) is 26.3. The van der Waals surface area contributed by atoms with Crippen molar-refractivity contribution in [2.24, 2.45) is 0 Å². The molecule has 0 aliphatic carbocycles. The van der Waals surface area contributed by atoms with Crippen LogP contribution in [0, 0.1) is 0 Å². The van der Waals surface area contributed by atoms with E-state index < -0.39 is 32.9 Å². The Hall–Kier alpha value is 2.08. The maximum absolute atomic E-state index is 4.93. The van der Waals surface area contributed by atoms with E-state index in [0.29, 0.717) is 0 Å². The molecular weight excluding hydrogens is 403 g/mol. The fourth-order valence-electron chi connectivity index (χ4n) is 3.09. The fourth-order valence-corrected chi connectivity index (χ4v) is 27.8. The smallest absolute Gasteiger partial charge is 1.00 e. The van der Waals surface area contributed by atoms with Crippen LogP contribution in [-0.2, 0) is 21.7 Å². The minimum absolute atomic E-state index is 0. The van der Waals surface area contributed by atoms with Gasteiger partial charge >= 0.3 is 21.7 Å². The maximum Gasteiger partial charge on any atom is 4.00 e. The molecule has 2 heterocycles. The van der Waals surface area contributed by atoms with E-state index in [0.717, 1.165) is 0 Å². The van der Waals surface area contributed by atoms with E-state index in [-0.39, 0.29) is 46.5 Å². The molecule has 2 aliphatic rings. The summed E-state index contributed by atoms with van der Waals surface area (Å²) in [5.41, 5.74) is 0. The molecule has 0 atom stereocenters. The second kappa shape index (κ2) is 9.54. The molecule has 9 heteroatoms. The molecule has 2 rings (SSSR count). The van der Waals surface area contributed by atoms with Gasteiger partial charge in [-0.15, -0.1) is 0 Å². The molecule has 2 nitrogen and oxygen atoms in total. The molecule has 21 heavy (non-hydrogen) atoms. The maximum atomic E-state index is 4.93. The van der Waals surface area contributed by atoms with E-state index in [2.05, 4.69) is 52.4 Å². The van der Waals surface area contributed by atoms with Crippen LogP contribution in [0.15, 0.2) is 0 Å². The monoisotopic (exact) mass is 434 g/mol. The van der Waals surface area contributed by atoms with Crippen molar-refractivity contribution < 1.29 is 46.5 Å². The summed E-state index contributed by atoms with van der Waals surface area (Å²) in [6.07, 6.45) is 0. The molecule has 2 aliphatic heterocycles. The molecule has 0 bridgehead atoms. The van der Waals surface area contributed by atoms with Gasteiger partial charge in [-0.1, -0.05) is 109 Å². The third kappa shape index (κ3) is 11.3. The van der Waals surface area contributed by atoms with Gasteiger partial charge in [0.25, 0.3) is 0 Å². The molecule has 2 fully saturated rings. The summed E-state index contributed by atoms with van der Waals surface area (Å²) in [7, 11) is -3.96. The van der Waals surface area contributed by atoms with Crippen molar-refractivity contribution in [3.63, 3.8) is 0 Å². The van der Waals surface area contributed by atoms with Gasteiger partial charge in [0.2, 0.25) is 0 Å². The Morgan fingerprint density at radius 3 is 0.667 bits per heavy atom. The van der Waals surface area contributed by atoms with Gasteiger partial charge in [0, 0.05) is 0 Å². The average Bonchev–Trinajstić information content (AvgIpc) is 2.48. The van der Waals surface area contributed by atoms with Gasteiger partial charge in [0.05, 0.1) is 0 Å². The first kappa shape index (κ1) is 27.9. The van der Waals surface area contributed by atoms with Crippen LogP contribution in [0.3, 0.4) is 0 Å². The first-order chi connectivity index (χ1) is 7.83. The van der Waals surface area contributed by atoms with Gasteiger partial charge in [-0.2, -0.15) is 0 Å². The Balaban J connectivity index is -0.000000270. The zero-order valence-corrected chi connectivity index (χ0v) is 22.1. The summed E-state index contributed by atoms with van der Waals surface area (Å²) in [4.78, 5) is 0. The largest absolute Gasteiger partial charge is 4.00 e. The minimum atomic E-state index is -0.989. The van der Waals surface area contributed by atoms with Crippen LogP contribution in [0.2, 0.25) is 76.6 Å². The summed E-state index contributed by atoms with van der Waals surface area (Å²) in [5, 5.41) is 0. The average molecular weight is 436 g/mol. The fraction of sp³-hybridized carbons (Fsp3) is 1.00. The van der Waals surface area contributed by atoms with Crippen LogP contribution >= 0.6 is 0 Å². The van der Waals surface area contributed by atoms with Gasteiger partial charge in [-0.25, -0.2) is 0 Å². The number of hydrogen-bond donors (Lipinski definition) is 0. The van der Waals surface area contributed by atoms with Crippen molar-refractivity contribution in [1.82, 2.24) is 0 Å². The standard InChI is InChI=1S/2C6H16NSi2.2ClH.Ti/c2*1-8(2)5-6-9(3,4)7-8;;;/h2*5-6H2,1-4H3;2*1H;/q2*-1;;;+4/p-2. The van der Waals surface area contributed by atoms with Gasteiger partial charge in [0.15, 0.2) is 0 Å². The first-order valence-corrected chi connectivity index (χ1v) is 19.9. The summed E-state index contributed by atoms with van der Waals surface area (Å²) in [6.45, 7) is 19.1. The van der Waals surface area contributed by atoms with E-state index in [1.807, 2.05) is 0 Å². The van der Waals surface area contributed by atoms with E-state index in [9.17, 15) is 0 Å². The van der Waals surface area contributed by atoms with Crippen molar-refractivity contribution in [2.75, 3.05) is 0 Å². The molecule has 0 spiro atoms. The summed E-state index contributed by atoms with van der Waals surface area (Å²) < 4.78 is 9.86. The Kier molecular flexibility index (Phi) is 12.7. The van der Waals surface area contributed by atoms with Gasteiger partial charge < -0.3 is 34.1 Å². The third-order valence-corrected chi connectivity index (χ3v) is 20.5. The number of hydrogen-bond acceptors (Lipinski definition) is 0. The second-order valence-electron chi connectivity index (χ2n) is 8.47. The number of rotatable bonds is 0. The van der Waals surface area contributed by atoms with Crippen LogP contribution in [0.4, 0.5) is 0 Å². The Morgan fingerprint density at radius 1 is 0.476 bits per heavy atom. The number of halogens is 2. The number of nitrogens with zero attached hydrogens (tertiary/aromatic N) is 2. The van der Waals surface area contributed by atoms with Crippen molar-refractivity contribution in [1.29, 1.82) is 0 Å². The predicted molar refractivity (Wildman–Crippen MR) is 95.9 cm³/mol. The zero-order valence-electron chi connectivity index (χ0n) is 15.0. The first-order valence-electron chi connectivity index (χ1n) is 7.31. The molecule has 0 unspecified atom stereocenters. The van der Waals surface area contributed by atoms with E-state index in [4.69, 9.17) is 9.30 Å². The van der Waals surface area contributed by atoms with Crippen LogP contribution in [0.25, 0.3) is 9.30 Å². The molecule has 0 aromatic heterocycles. The predicted octanol–water partition coefficient (Wildman–Crippen LogP) is -0.427. The summed E-state index contributed by atoms with van der Waals surface area (Å²) >= 11 is 0. The molecule has 0 aromatic carbocycles. The van der Waals surface area contributed by atoms with Gasteiger partial charge in [-0.05, 0) is 0 Å². The third-order valence-electron chi connectivity index (χ3n) is 3.91. The molecule has 124 valence electrons. The molecule has 0 amide bonds. The Bertz CT molecular complexity index is 258. The van der Waals surface area contributed by atoms with E-state index >= 15 is 0 Å². The van der Waals surface area contributed by atoms with Crippen molar-refractivity contribution in [2.45, 2.75) is 76.6 Å². The SMILES string of the molecule is C[Si]1(C)CC[Si](C)(C)[N-]1.C[Si]1(C)CC[Si](C)(C)[N-]1.[Cl-].[Cl-].[Ti+4]. The van der Waals surface area contributed by atoms with Crippen LogP contribution in [0.5, 0.6) is 0 Å². The van der Waals surface area contributed by atoms with Crippen LogP contribution in [-0.4, -0.2) is 32.9 Å². The van der Waals surface area contributed by atoms with Crippen LogP contribution in [0.1, 0.15) is 0 Å².